The number of halogens is 1. The van der Waals surface area contributed by atoms with Gasteiger partial charge in [0.1, 0.15) is 5.75 Å². The van der Waals surface area contributed by atoms with Crippen LogP contribution in [0.3, 0.4) is 0 Å². The van der Waals surface area contributed by atoms with Crippen LogP contribution in [0.15, 0.2) is 64.5 Å². The molecule has 0 aliphatic rings. The Kier molecular flexibility index (Phi) is 10.4. The summed E-state index contributed by atoms with van der Waals surface area (Å²) < 4.78 is 0. The third-order valence-corrected chi connectivity index (χ3v) is 4.43. The van der Waals surface area contributed by atoms with Crippen molar-refractivity contribution in [3.05, 3.63) is 60.2 Å². The van der Waals surface area contributed by atoms with Crippen molar-refractivity contribution < 1.29 is 5.11 Å². The Bertz CT molecular complexity index is 652. The molecular weight excluding hydrogens is 445 g/mol. The average Bonchev–Trinajstić information content (AvgIpc) is 2.58. The van der Waals surface area contributed by atoms with E-state index in [0.717, 1.165) is 24.6 Å². The molecule has 136 valence electrons. The van der Waals surface area contributed by atoms with E-state index in [4.69, 9.17) is 0 Å². The molecule has 3 N–H and O–H groups in total. The smallest absolute Gasteiger partial charge is 0.191 e. The highest BCUT2D eigenvalue weighted by atomic mass is 127. The van der Waals surface area contributed by atoms with Crippen LogP contribution in [0.5, 0.6) is 5.75 Å². The van der Waals surface area contributed by atoms with Crippen LogP contribution in [0.25, 0.3) is 0 Å². The molecule has 0 aliphatic carbocycles. The zero-order valence-electron chi connectivity index (χ0n) is 14.6. The molecule has 0 spiro atoms. The zero-order chi connectivity index (χ0) is 17.2. The standard InChI is InChI=1S/C19H25N3OS.HI/c1-3-20-19(22-14-16-8-7-9-17(23)12-16)21-13-15(2)24-18-10-5-4-6-11-18;/h4-12,15,23H,3,13-14H2,1-2H3,(H2,20,21,22);1H. The van der Waals surface area contributed by atoms with Crippen LogP contribution in [0, 0.1) is 0 Å². The largest absolute Gasteiger partial charge is 0.508 e. The summed E-state index contributed by atoms with van der Waals surface area (Å²) in [6.45, 7) is 6.42. The predicted molar refractivity (Wildman–Crippen MR) is 118 cm³/mol. The lowest BCUT2D eigenvalue weighted by molar-refractivity contribution is 0.474. The zero-order valence-corrected chi connectivity index (χ0v) is 17.8. The van der Waals surface area contributed by atoms with Crippen molar-refractivity contribution in [2.24, 2.45) is 4.99 Å². The van der Waals surface area contributed by atoms with Gasteiger partial charge in [-0.15, -0.1) is 35.7 Å². The first-order chi connectivity index (χ1) is 11.7. The Morgan fingerprint density at radius 1 is 1.12 bits per heavy atom. The Balaban J connectivity index is 0.00000312. The van der Waals surface area contributed by atoms with Crippen molar-refractivity contribution in [1.82, 2.24) is 10.6 Å². The lowest BCUT2D eigenvalue weighted by Crippen LogP contribution is -2.40. The minimum absolute atomic E-state index is 0. The van der Waals surface area contributed by atoms with Gasteiger partial charge in [-0.1, -0.05) is 37.3 Å². The first-order valence-corrected chi connectivity index (χ1v) is 9.07. The quantitative estimate of drug-likeness (QED) is 0.245. The van der Waals surface area contributed by atoms with E-state index in [1.165, 1.54) is 4.90 Å². The summed E-state index contributed by atoms with van der Waals surface area (Å²) in [4.78, 5) is 5.85. The Morgan fingerprint density at radius 2 is 1.88 bits per heavy atom. The maximum Gasteiger partial charge on any atom is 0.191 e. The highest BCUT2D eigenvalue weighted by molar-refractivity contribution is 14.0. The predicted octanol–water partition coefficient (Wildman–Crippen LogP) is 4.25. The van der Waals surface area contributed by atoms with E-state index in [1.54, 1.807) is 12.1 Å². The maximum absolute atomic E-state index is 9.52. The Morgan fingerprint density at radius 3 is 2.56 bits per heavy atom. The Hall–Kier alpha value is -1.41. The van der Waals surface area contributed by atoms with Gasteiger partial charge in [0.15, 0.2) is 5.96 Å². The summed E-state index contributed by atoms with van der Waals surface area (Å²) >= 11 is 1.84. The van der Waals surface area contributed by atoms with E-state index in [1.807, 2.05) is 36.9 Å². The van der Waals surface area contributed by atoms with Gasteiger partial charge in [-0.2, -0.15) is 0 Å². The van der Waals surface area contributed by atoms with E-state index in [0.29, 0.717) is 11.8 Å². The number of nitrogens with one attached hydrogen (secondary N) is 2. The van der Waals surface area contributed by atoms with E-state index in [2.05, 4.69) is 46.8 Å². The number of phenolic OH excluding ortho intramolecular Hbond substituents is 1. The van der Waals surface area contributed by atoms with Crippen LogP contribution in [0.4, 0.5) is 0 Å². The fourth-order valence-electron chi connectivity index (χ4n) is 2.18. The molecule has 2 aromatic rings. The van der Waals surface area contributed by atoms with Gasteiger partial charge in [0, 0.05) is 23.2 Å². The second kappa shape index (κ2) is 12.0. The molecule has 0 saturated carbocycles. The van der Waals surface area contributed by atoms with Gasteiger partial charge in [-0.25, -0.2) is 4.99 Å². The van der Waals surface area contributed by atoms with Crippen molar-refractivity contribution >= 4 is 41.7 Å². The van der Waals surface area contributed by atoms with Crippen molar-refractivity contribution in [1.29, 1.82) is 0 Å². The number of rotatable bonds is 7. The molecule has 25 heavy (non-hydrogen) atoms. The molecular formula is C19H26IN3OS. The highest BCUT2D eigenvalue weighted by Crippen LogP contribution is 2.21. The molecule has 2 aromatic carbocycles. The number of thioether (sulfide) groups is 1. The van der Waals surface area contributed by atoms with E-state index < -0.39 is 0 Å². The molecule has 4 nitrogen and oxygen atoms in total. The monoisotopic (exact) mass is 471 g/mol. The fraction of sp³-hybridized carbons (Fsp3) is 0.316. The van der Waals surface area contributed by atoms with Gasteiger partial charge in [-0.3, -0.25) is 0 Å². The number of hydrogen-bond acceptors (Lipinski definition) is 3. The van der Waals surface area contributed by atoms with Gasteiger partial charge >= 0.3 is 0 Å². The van der Waals surface area contributed by atoms with Gasteiger partial charge < -0.3 is 15.7 Å². The van der Waals surface area contributed by atoms with E-state index in [-0.39, 0.29) is 29.7 Å². The summed E-state index contributed by atoms with van der Waals surface area (Å²) in [5.74, 6) is 1.06. The van der Waals surface area contributed by atoms with Crippen LogP contribution in [-0.4, -0.2) is 29.4 Å². The van der Waals surface area contributed by atoms with Gasteiger partial charge in [0.25, 0.3) is 0 Å². The minimum Gasteiger partial charge on any atom is -0.508 e. The summed E-state index contributed by atoms with van der Waals surface area (Å²) in [7, 11) is 0. The molecule has 0 amide bonds. The lowest BCUT2D eigenvalue weighted by atomic mass is 10.2. The molecule has 2 rings (SSSR count). The molecule has 0 aliphatic heterocycles. The molecule has 1 unspecified atom stereocenters. The topological polar surface area (TPSA) is 56.7 Å². The van der Waals surface area contributed by atoms with E-state index in [9.17, 15) is 5.11 Å². The van der Waals surface area contributed by atoms with E-state index >= 15 is 0 Å². The number of phenols is 1. The third-order valence-electron chi connectivity index (χ3n) is 3.31. The van der Waals surface area contributed by atoms with Crippen molar-refractivity contribution in [3.8, 4) is 5.75 Å². The normalized spacial score (nSPS) is 12.2. The van der Waals surface area contributed by atoms with Crippen LogP contribution < -0.4 is 10.6 Å². The van der Waals surface area contributed by atoms with Crippen molar-refractivity contribution in [2.75, 3.05) is 13.1 Å². The summed E-state index contributed by atoms with van der Waals surface area (Å²) in [6, 6.07) is 17.6. The molecule has 0 bridgehead atoms. The number of aliphatic imine (C=N–C) groups is 1. The first-order valence-electron chi connectivity index (χ1n) is 8.19. The fourth-order valence-corrected chi connectivity index (χ4v) is 3.13. The SMILES string of the molecule is CCNC(=NCc1cccc(O)c1)NCC(C)Sc1ccccc1.I. The van der Waals surface area contributed by atoms with Gasteiger partial charge in [-0.05, 0) is 36.8 Å². The molecule has 0 aromatic heterocycles. The molecule has 0 heterocycles. The highest BCUT2D eigenvalue weighted by Gasteiger charge is 2.06. The molecule has 6 heteroatoms. The van der Waals surface area contributed by atoms with Crippen molar-refractivity contribution in [3.63, 3.8) is 0 Å². The third kappa shape index (κ3) is 8.49. The number of hydrogen-bond donors (Lipinski definition) is 3. The van der Waals surface area contributed by atoms with Crippen LogP contribution >= 0.6 is 35.7 Å². The number of guanidine groups is 1. The number of nitrogens with zero attached hydrogens (tertiary/aromatic N) is 1. The van der Waals surface area contributed by atoms with Crippen LogP contribution in [0.2, 0.25) is 0 Å². The lowest BCUT2D eigenvalue weighted by Gasteiger charge is -2.15. The number of aromatic hydroxyl groups is 1. The van der Waals surface area contributed by atoms with Crippen LogP contribution in [0.1, 0.15) is 19.4 Å². The molecule has 0 saturated heterocycles. The second-order valence-electron chi connectivity index (χ2n) is 5.49. The molecule has 0 fully saturated rings. The van der Waals surface area contributed by atoms with Gasteiger partial charge in [0.2, 0.25) is 0 Å². The van der Waals surface area contributed by atoms with Gasteiger partial charge in [0.05, 0.1) is 6.54 Å². The average molecular weight is 471 g/mol. The minimum atomic E-state index is 0. The second-order valence-corrected chi connectivity index (χ2v) is 7.00. The molecule has 1 atom stereocenters. The van der Waals surface area contributed by atoms with Crippen LogP contribution in [-0.2, 0) is 6.54 Å². The molecule has 0 radical (unpaired) electrons. The summed E-state index contributed by atoms with van der Waals surface area (Å²) in [6.07, 6.45) is 0. The maximum atomic E-state index is 9.52. The summed E-state index contributed by atoms with van der Waals surface area (Å²) in [5, 5.41) is 16.6. The van der Waals surface area contributed by atoms with Crippen molar-refractivity contribution in [2.45, 2.75) is 30.5 Å². The number of benzene rings is 2. The summed E-state index contributed by atoms with van der Waals surface area (Å²) in [5.41, 5.74) is 0.985. The first kappa shape index (κ1) is 21.6. The Labute approximate surface area is 171 Å².